The van der Waals surface area contributed by atoms with E-state index in [1.807, 2.05) is 42.5 Å². The number of ketones is 1. The molecule has 0 saturated heterocycles. The Morgan fingerprint density at radius 3 is 2.63 bits per heavy atom. The molecule has 0 fully saturated rings. The number of fused-ring (bicyclic) bond motifs is 1. The molecule has 0 saturated carbocycles. The van der Waals surface area contributed by atoms with Gasteiger partial charge in [0.05, 0.1) is 0 Å². The molecule has 19 heavy (non-hydrogen) atoms. The zero-order valence-electron chi connectivity index (χ0n) is 10.4. The molecule has 0 aromatic heterocycles. The van der Waals surface area contributed by atoms with Gasteiger partial charge in [-0.25, -0.2) is 0 Å². The van der Waals surface area contributed by atoms with E-state index in [0.717, 1.165) is 16.6 Å². The van der Waals surface area contributed by atoms with E-state index in [1.54, 1.807) is 0 Å². The molecule has 0 amide bonds. The predicted molar refractivity (Wildman–Crippen MR) is 76.4 cm³/mol. The first-order chi connectivity index (χ1) is 9.34. The van der Waals surface area contributed by atoms with E-state index in [2.05, 4.69) is 12.1 Å². The summed E-state index contributed by atoms with van der Waals surface area (Å²) in [4.78, 5) is 12.4. The van der Waals surface area contributed by atoms with Crippen molar-refractivity contribution in [2.75, 3.05) is 6.61 Å². The van der Waals surface area contributed by atoms with E-state index in [-0.39, 0.29) is 11.7 Å². The van der Waals surface area contributed by atoms with Gasteiger partial charge in [-0.15, -0.1) is 0 Å². The van der Waals surface area contributed by atoms with Crippen molar-refractivity contribution in [2.24, 2.45) is 5.92 Å². The van der Waals surface area contributed by atoms with Crippen molar-refractivity contribution >= 4 is 25.2 Å². The van der Waals surface area contributed by atoms with Gasteiger partial charge >= 0.3 is 118 Å². The summed E-state index contributed by atoms with van der Waals surface area (Å²) in [5.41, 5.74) is 0.739. The minimum atomic E-state index is 0.00936. The number of Topliss-reactive ketones (excluding diaryl/α,β-unsaturated/α-hetero) is 1. The standard InChI is InChI=1S/C16H14O2Se/c17-16-12(11-19-13-6-2-1-3-7-13)10-18-15-9-5-4-8-14(15)16/h1-9,12H,10-11H2. The third kappa shape index (κ3) is 2.73. The fraction of sp³-hybridized carbons (Fsp3) is 0.188. The van der Waals surface area contributed by atoms with Gasteiger partial charge in [-0.3, -0.25) is 0 Å². The maximum absolute atomic E-state index is 12.4. The molecule has 1 heterocycles. The summed E-state index contributed by atoms with van der Waals surface area (Å²) in [6.45, 7) is 0.518. The first-order valence-electron chi connectivity index (χ1n) is 6.28. The van der Waals surface area contributed by atoms with Gasteiger partial charge in [0.25, 0.3) is 0 Å². The number of ether oxygens (including phenoxy) is 1. The third-order valence-electron chi connectivity index (χ3n) is 3.16. The molecule has 2 nitrogen and oxygen atoms in total. The number of hydrogen-bond donors (Lipinski definition) is 0. The SMILES string of the molecule is O=C1c2ccccc2OCC1C[Se]c1ccccc1. The molecule has 3 heteroatoms. The van der Waals surface area contributed by atoms with Crippen LogP contribution in [0.4, 0.5) is 0 Å². The average molecular weight is 317 g/mol. The Morgan fingerprint density at radius 1 is 1.05 bits per heavy atom. The average Bonchev–Trinajstić information content (AvgIpc) is 2.48. The van der Waals surface area contributed by atoms with E-state index < -0.39 is 0 Å². The Hall–Kier alpha value is -1.57. The first-order valence-corrected chi connectivity index (χ1v) is 8.35. The zero-order chi connectivity index (χ0) is 13.1. The van der Waals surface area contributed by atoms with Crippen molar-refractivity contribution in [1.82, 2.24) is 0 Å². The van der Waals surface area contributed by atoms with Crippen molar-refractivity contribution in [3.05, 3.63) is 60.2 Å². The fourth-order valence-corrected chi connectivity index (χ4v) is 4.20. The quantitative estimate of drug-likeness (QED) is 0.812. The Morgan fingerprint density at radius 2 is 1.79 bits per heavy atom. The molecule has 0 N–H and O–H groups in total. The summed E-state index contributed by atoms with van der Waals surface area (Å²) < 4.78 is 7.02. The van der Waals surface area contributed by atoms with Crippen molar-refractivity contribution in [3.8, 4) is 5.75 Å². The van der Waals surface area contributed by atoms with Crippen molar-refractivity contribution in [2.45, 2.75) is 5.32 Å². The molecule has 2 aromatic carbocycles. The number of carbonyl (C=O) groups excluding carboxylic acids is 1. The van der Waals surface area contributed by atoms with Crippen LogP contribution in [0.1, 0.15) is 10.4 Å². The summed E-state index contributed by atoms with van der Waals surface area (Å²) in [5, 5.41) is 0.907. The van der Waals surface area contributed by atoms with Gasteiger partial charge in [0, 0.05) is 0 Å². The molecule has 0 bridgehead atoms. The van der Waals surface area contributed by atoms with Crippen LogP contribution in [0.2, 0.25) is 5.32 Å². The van der Waals surface area contributed by atoms with Gasteiger partial charge in [0.2, 0.25) is 0 Å². The van der Waals surface area contributed by atoms with E-state index in [1.165, 1.54) is 4.46 Å². The van der Waals surface area contributed by atoms with Crippen LogP contribution in [0.5, 0.6) is 5.75 Å². The summed E-state index contributed by atoms with van der Waals surface area (Å²) >= 11 is 0.331. The van der Waals surface area contributed by atoms with Gasteiger partial charge in [0.15, 0.2) is 0 Å². The van der Waals surface area contributed by atoms with Crippen LogP contribution in [0.15, 0.2) is 54.6 Å². The van der Waals surface area contributed by atoms with E-state index in [0.29, 0.717) is 21.6 Å². The molecule has 2 aromatic rings. The Balaban J connectivity index is 1.69. The molecule has 0 radical (unpaired) electrons. The third-order valence-corrected chi connectivity index (χ3v) is 5.62. The van der Waals surface area contributed by atoms with Crippen LogP contribution in [0.3, 0.4) is 0 Å². The second-order valence-corrected chi connectivity index (χ2v) is 6.79. The van der Waals surface area contributed by atoms with Crippen molar-refractivity contribution in [1.29, 1.82) is 0 Å². The van der Waals surface area contributed by atoms with Crippen molar-refractivity contribution < 1.29 is 9.53 Å². The molecule has 0 aliphatic carbocycles. The molecular weight excluding hydrogens is 303 g/mol. The Bertz CT molecular complexity index is 580. The zero-order valence-corrected chi connectivity index (χ0v) is 12.1. The first kappa shape index (κ1) is 12.5. The maximum atomic E-state index is 12.4. The molecule has 1 unspecified atom stereocenters. The molecule has 3 rings (SSSR count). The Kier molecular flexibility index (Phi) is 3.67. The van der Waals surface area contributed by atoms with Gasteiger partial charge in [-0.1, -0.05) is 0 Å². The van der Waals surface area contributed by atoms with Crippen LogP contribution in [0.25, 0.3) is 0 Å². The molecule has 0 spiro atoms. The normalized spacial score (nSPS) is 17.7. The molecule has 1 atom stereocenters. The van der Waals surface area contributed by atoms with Crippen LogP contribution >= 0.6 is 0 Å². The number of hydrogen-bond acceptors (Lipinski definition) is 2. The van der Waals surface area contributed by atoms with E-state index >= 15 is 0 Å². The van der Waals surface area contributed by atoms with Crippen LogP contribution < -0.4 is 9.20 Å². The molecule has 96 valence electrons. The molecular formula is C16H14O2Se. The second kappa shape index (κ2) is 5.60. The van der Waals surface area contributed by atoms with Gasteiger partial charge in [-0.2, -0.15) is 0 Å². The van der Waals surface area contributed by atoms with Crippen molar-refractivity contribution in [3.63, 3.8) is 0 Å². The molecule has 1 aliphatic heterocycles. The number of carbonyl (C=O) groups is 1. The van der Waals surface area contributed by atoms with E-state index in [9.17, 15) is 4.79 Å². The predicted octanol–water partition coefficient (Wildman–Crippen LogP) is 2.33. The summed E-state index contributed by atoms with van der Waals surface area (Å²) in [5.74, 6) is 0.978. The Labute approximate surface area is 118 Å². The van der Waals surface area contributed by atoms with Gasteiger partial charge in [0.1, 0.15) is 0 Å². The van der Waals surface area contributed by atoms with Gasteiger partial charge in [-0.05, 0) is 0 Å². The number of benzene rings is 2. The minimum absolute atomic E-state index is 0.00936. The molecule has 1 aliphatic rings. The number of rotatable bonds is 3. The monoisotopic (exact) mass is 318 g/mol. The summed E-state index contributed by atoms with van der Waals surface area (Å²) in [6, 6.07) is 17.9. The van der Waals surface area contributed by atoms with Gasteiger partial charge < -0.3 is 0 Å². The second-order valence-electron chi connectivity index (χ2n) is 4.49. The fourth-order valence-electron chi connectivity index (χ4n) is 2.12. The number of para-hydroxylation sites is 1. The summed E-state index contributed by atoms with van der Waals surface area (Å²) in [7, 11) is 0. The topological polar surface area (TPSA) is 26.3 Å². The van der Waals surface area contributed by atoms with E-state index in [4.69, 9.17) is 4.74 Å². The van der Waals surface area contributed by atoms with Crippen LogP contribution in [-0.2, 0) is 0 Å². The summed E-state index contributed by atoms with van der Waals surface area (Å²) in [6.07, 6.45) is 0. The van der Waals surface area contributed by atoms with Crippen LogP contribution in [0, 0.1) is 5.92 Å². The van der Waals surface area contributed by atoms with Crippen LogP contribution in [-0.4, -0.2) is 27.3 Å².